The van der Waals surface area contributed by atoms with E-state index in [2.05, 4.69) is 52.7 Å². The van der Waals surface area contributed by atoms with Crippen LogP contribution in [0.25, 0.3) is 10.1 Å². The largest absolute Gasteiger partial charge is 0.493 e. The molecule has 2 aromatic carbocycles. The van der Waals surface area contributed by atoms with Crippen molar-refractivity contribution < 1.29 is 9.47 Å². The predicted octanol–water partition coefficient (Wildman–Crippen LogP) is 4.30. The first-order valence-corrected chi connectivity index (χ1v) is 10.4. The topological polar surface area (TPSA) is 33.7 Å². The number of methoxy groups -OCH3 is 1. The Balaban J connectivity index is 1.79. The van der Waals surface area contributed by atoms with Crippen LogP contribution in [0.15, 0.2) is 48.5 Å². The lowest BCUT2D eigenvalue weighted by molar-refractivity contribution is 0.200. The number of ether oxygens (including phenoxy) is 2. The minimum atomic E-state index is 0.231. The molecule has 27 heavy (non-hydrogen) atoms. The van der Waals surface area contributed by atoms with E-state index in [-0.39, 0.29) is 6.04 Å². The molecule has 1 atom stereocenters. The number of nitrogens with one attached hydrogen (secondary N) is 1. The summed E-state index contributed by atoms with van der Waals surface area (Å²) >= 11 is 1.89. The maximum Gasteiger partial charge on any atom is 0.161 e. The molecule has 1 aliphatic rings. The summed E-state index contributed by atoms with van der Waals surface area (Å²) in [5.74, 6) is 1.61. The SMILES string of the molecule is CCOc1cc(C(c2cc3ccccc3s2)N2CCNCC2)ccc1OC. The van der Waals surface area contributed by atoms with Gasteiger partial charge in [-0.3, -0.25) is 4.90 Å². The monoisotopic (exact) mass is 382 g/mol. The maximum absolute atomic E-state index is 5.85. The Bertz CT molecular complexity index is 869. The summed E-state index contributed by atoms with van der Waals surface area (Å²) in [6, 6.07) is 17.6. The van der Waals surface area contributed by atoms with Crippen molar-refractivity contribution in [3.05, 3.63) is 59.0 Å². The van der Waals surface area contributed by atoms with Crippen molar-refractivity contribution in [3.63, 3.8) is 0 Å². The molecule has 1 saturated heterocycles. The Kier molecular flexibility index (Phi) is 5.62. The second kappa shape index (κ2) is 8.30. The standard InChI is InChI=1S/C22H26N2O2S/c1-3-26-19-14-17(8-9-18(19)25-2)22(24-12-10-23-11-13-24)21-15-16-6-4-5-7-20(16)27-21/h4-9,14-15,22-23H,3,10-13H2,1-2H3. The molecule has 142 valence electrons. The van der Waals surface area contributed by atoms with Crippen molar-refractivity contribution in [3.8, 4) is 11.5 Å². The van der Waals surface area contributed by atoms with E-state index in [0.29, 0.717) is 6.61 Å². The Morgan fingerprint density at radius 2 is 1.89 bits per heavy atom. The first-order chi connectivity index (χ1) is 13.3. The van der Waals surface area contributed by atoms with Crippen molar-refractivity contribution >= 4 is 21.4 Å². The van der Waals surface area contributed by atoms with Gasteiger partial charge in [-0.05, 0) is 42.1 Å². The van der Waals surface area contributed by atoms with Crippen molar-refractivity contribution in [1.82, 2.24) is 10.2 Å². The molecule has 0 spiro atoms. The summed E-state index contributed by atoms with van der Waals surface area (Å²) in [7, 11) is 1.69. The molecule has 1 fully saturated rings. The van der Waals surface area contributed by atoms with Gasteiger partial charge in [-0.25, -0.2) is 0 Å². The average molecular weight is 383 g/mol. The van der Waals surface area contributed by atoms with Gasteiger partial charge in [0, 0.05) is 35.8 Å². The van der Waals surface area contributed by atoms with E-state index >= 15 is 0 Å². The molecular weight excluding hydrogens is 356 g/mol. The third-order valence-corrected chi connectivity index (χ3v) is 6.20. The van der Waals surface area contributed by atoms with E-state index in [4.69, 9.17) is 9.47 Å². The molecule has 0 aliphatic carbocycles. The van der Waals surface area contributed by atoms with Gasteiger partial charge in [-0.2, -0.15) is 0 Å². The molecule has 1 aromatic heterocycles. The highest BCUT2D eigenvalue weighted by Crippen LogP contribution is 2.39. The van der Waals surface area contributed by atoms with Gasteiger partial charge in [0.1, 0.15) is 0 Å². The number of rotatable bonds is 6. The van der Waals surface area contributed by atoms with E-state index in [1.807, 2.05) is 24.3 Å². The number of thiophene rings is 1. The fourth-order valence-corrected chi connectivity index (χ4v) is 4.99. The summed E-state index contributed by atoms with van der Waals surface area (Å²) in [4.78, 5) is 3.95. The molecule has 4 rings (SSSR count). The Morgan fingerprint density at radius 1 is 1.07 bits per heavy atom. The summed E-state index contributed by atoms with van der Waals surface area (Å²) in [6.07, 6.45) is 0. The molecule has 5 heteroatoms. The van der Waals surface area contributed by atoms with Crippen molar-refractivity contribution in [1.29, 1.82) is 0 Å². The van der Waals surface area contributed by atoms with Gasteiger partial charge in [0.2, 0.25) is 0 Å². The zero-order valence-corrected chi connectivity index (χ0v) is 16.7. The molecule has 1 aliphatic heterocycles. The summed E-state index contributed by atoms with van der Waals surface area (Å²) in [6.45, 7) is 6.75. The third-order valence-electron chi connectivity index (χ3n) is 5.03. The fraction of sp³-hybridized carbons (Fsp3) is 0.364. The first-order valence-electron chi connectivity index (χ1n) is 9.54. The van der Waals surface area contributed by atoms with Crippen LogP contribution in [-0.4, -0.2) is 44.8 Å². The summed E-state index contributed by atoms with van der Waals surface area (Å²) in [5.41, 5.74) is 1.26. The minimum absolute atomic E-state index is 0.231. The van der Waals surface area contributed by atoms with Gasteiger partial charge in [-0.15, -0.1) is 11.3 Å². The van der Waals surface area contributed by atoms with Crippen LogP contribution >= 0.6 is 11.3 Å². The number of hydrogen-bond donors (Lipinski definition) is 1. The fourth-order valence-electron chi connectivity index (χ4n) is 3.76. The Hall–Kier alpha value is -2.08. The normalized spacial score (nSPS) is 16.4. The van der Waals surface area contributed by atoms with Gasteiger partial charge in [-0.1, -0.05) is 24.3 Å². The third kappa shape index (κ3) is 3.81. The van der Waals surface area contributed by atoms with Crippen molar-refractivity contribution in [2.24, 2.45) is 0 Å². The highest BCUT2D eigenvalue weighted by molar-refractivity contribution is 7.19. The highest BCUT2D eigenvalue weighted by Gasteiger charge is 2.26. The minimum Gasteiger partial charge on any atom is -0.493 e. The molecule has 0 radical (unpaired) electrons. The van der Waals surface area contributed by atoms with Gasteiger partial charge in [0.25, 0.3) is 0 Å². The van der Waals surface area contributed by atoms with Crippen LogP contribution in [0, 0.1) is 0 Å². The van der Waals surface area contributed by atoms with Crippen molar-refractivity contribution in [2.75, 3.05) is 39.9 Å². The lowest BCUT2D eigenvalue weighted by atomic mass is 10.0. The second-order valence-corrected chi connectivity index (χ2v) is 7.83. The molecule has 0 saturated carbocycles. The Labute approximate surface area is 164 Å². The maximum atomic E-state index is 5.85. The van der Waals surface area contributed by atoms with Gasteiger partial charge in [0.05, 0.1) is 19.8 Å². The quantitative estimate of drug-likeness (QED) is 0.689. The van der Waals surface area contributed by atoms with Crippen LogP contribution in [0.5, 0.6) is 11.5 Å². The van der Waals surface area contributed by atoms with Crippen LogP contribution in [0.2, 0.25) is 0 Å². The molecular formula is C22H26N2O2S. The lowest BCUT2D eigenvalue weighted by Crippen LogP contribution is -2.45. The highest BCUT2D eigenvalue weighted by atomic mass is 32.1. The first kappa shape index (κ1) is 18.3. The predicted molar refractivity (Wildman–Crippen MR) is 112 cm³/mol. The van der Waals surface area contributed by atoms with E-state index < -0.39 is 0 Å². The lowest BCUT2D eigenvalue weighted by Gasteiger charge is -2.35. The van der Waals surface area contributed by atoms with Crippen LogP contribution in [0.3, 0.4) is 0 Å². The number of hydrogen-bond acceptors (Lipinski definition) is 5. The van der Waals surface area contributed by atoms with Crippen molar-refractivity contribution in [2.45, 2.75) is 13.0 Å². The molecule has 4 nitrogen and oxygen atoms in total. The van der Waals surface area contributed by atoms with Crippen LogP contribution in [0.1, 0.15) is 23.4 Å². The molecule has 3 aromatic rings. The van der Waals surface area contributed by atoms with Gasteiger partial charge >= 0.3 is 0 Å². The Morgan fingerprint density at radius 3 is 2.63 bits per heavy atom. The second-order valence-electron chi connectivity index (χ2n) is 6.72. The summed E-state index contributed by atoms with van der Waals surface area (Å²) in [5, 5.41) is 4.78. The smallest absolute Gasteiger partial charge is 0.161 e. The van der Waals surface area contributed by atoms with Gasteiger partial charge < -0.3 is 14.8 Å². The summed E-state index contributed by atoms with van der Waals surface area (Å²) < 4.78 is 12.7. The van der Waals surface area contributed by atoms with E-state index in [9.17, 15) is 0 Å². The average Bonchev–Trinajstić information content (AvgIpc) is 3.13. The molecule has 1 unspecified atom stereocenters. The van der Waals surface area contributed by atoms with E-state index in [1.165, 1.54) is 20.5 Å². The van der Waals surface area contributed by atoms with Crippen LogP contribution < -0.4 is 14.8 Å². The number of piperazine rings is 1. The van der Waals surface area contributed by atoms with Crippen LogP contribution in [-0.2, 0) is 0 Å². The zero-order chi connectivity index (χ0) is 18.6. The van der Waals surface area contributed by atoms with E-state index in [0.717, 1.165) is 37.7 Å². The molecule has 1 N–H and O–H groups in total. The zero-order valence-electron chi connectivity index (χ0n) is 15.9. The molecule has 2 heterocycles. The number of benzene rings is 2. The molecule has 0 bridgehead atoms. The number of nitrogens with zero attached hydrogens (tertiary/aromatic N) is 1. The van der Waals surface area contributed by atoms with Gasteiger partial charge in [0.15, 0.2) is 11.5 Å². The number of fused-ring (bicyclic) bond motifs is 1. The molecule has 0 amide bonds. The van der Waals surface area contributed by atoms with E-state index in [1.54, 1.807) is 7.11 Å². The van der Waals surface area contributed by atoms with Crippen LogP contribution in [0.4, 0.5) is 0 Å².